The topological polar surface area (TPSA) is 26.3 Å². The first kappa shape index (κ1) is 13.5. The van der Waals surface area contributed by atoms with Gasteiger partial charge in [-0.3, -0.25) is 0 Å². The predicted octanol–water partition coefficient (Wildman–Crippen LogP) is 1.54. The second kappa shape index (κ2) is 8.01. The average molecular weight is 194 g/mol. The van der Waals surface area contributed by atoms with E-state index in [0.717, 1.165) is 12.2 Å². The summed E-state index contributed by atoms with van der Waals surface area (Å²) in [5.41, 5.74) is 0.444. The zero-order chi connectivity index (χ0) is 7.98. The van der Waals surface area contributed by atoms with Crippen molar-refractivity contribution in [2.75, 3.05) is 12.4 Å². The predicted molar refractivity (Wildman–Crippen MR) is 54.6 cm³/mol. The van der Waals surface area contributed by atoms with Crippen LogP contribution in [0.3, 0.4) is 0 Å². The lowest BCUT2D eigenvalue weighted by molar-refractivity contribution is -0.138. The van der Waals surface area contributed by atoms with Crippen LogP contribution in [-0.4, -0.2) is 18.3 Å². The average Bonchev–Trinajstić information content (AvgIpc) is 1.88. The van der Waals surface area contributed by atoms with Crippen LogP contribution in [0.1, 0.15) is 13.3 Å². The van der Waals surface area contributed by atoms with Gasteiger partial charge in [-0.15, -0.1) is 0 Å². The molecule has 0 fully saturated rings. The molecule has 0 heterocycles. The lowest BCUT2D eigenvalue weighted by Gasteiger charge is -2.00. The monoisotopic (exact) mass is 194 g/mol. The summed E-state index contributed by atoms with van der Waals surface area (Å²) >= 11 is 3.96. The number of hydrogen-bond acceptors (Lipinski definition) is 3. The summed E-state index contributed by atoms with van der Waals surface area (Å²) in [5.74, 6) is 0.422. The van der Waals surface area contributed by atoms with Gasteiger partial charge in [-0.1, -0.05) is 6.58 Å². The molecule has 0 aromatic carbocycles. The molecule has 0 aliphatic rings. The van der Waals surface area contributed by atoms with E-state index in [4.69, 9.17) is 4.74 Å². The minimum absolute atomic E-state index is 0. The zero-order valence-corrected chi connectivity index (χ0v) is 8.49. The van der Waals surface area contributed by atoms with Crippen LogP contribution >= 0.6 is 26.1 Å². The van der Waals surface area contributed by atoms with Crippen molar-refractivity contribution in [1.29, 1.82) is 0 Å². The molecule has 0 bridgehead atoms. The number of ether oxygens (including phenoxy) is 1. The third-order valence-electron chi connectivity index (χ3n) is 0.884. The standard InChI is InChI=1S/C7H12O2S.H2S/c1-6(2)7(8)9-4-3-5-10;/h10H,1,3-5H2,2H3;1H2. The maximum absolute atomic E-state index is 10.7. The van der Waals surface area contributed by atoms with Crippen molar-refractivity contribution in [1.82, 2.24) is 0 Å². The molecule has 0 rings (SSSR count). The Labute approximate surface area is 79.9 Å². The van der Waals surface area contributed by atoms with Crippen molar-refractivity contribution >= 4 is 32.1 Å². The Kier molecular flexibility index (Phi) is 9.83. The van der Waals surface area contributed by atoms with E-state index in [2.05, 4.69) is 19.2 Å². The van der Waals surface area contributed by atoms with Gasteiger partial charge in [0.25, 0.3) is 0 Å². The molecule has 0 amide bonds. The van der Waals surface area contributed by atoms with E-state index in [9.17, 15) is 4.79 Å². The van der Waals surface area contributed by atoms with Gasteiger partial charge in [0.15, 0.2) is 0 Å². The highest BCUT2D eigenvalue weighted by molar-refractivity contribution is 7.80. The van der Waals surface area contributed by atoms with Crippen molar-refractivity contribution in [2.24, 2.45) is 0 Å². The normalized spacial score (nSPS) is 8.18. The summed E-state index contributed by atoms with van der Waals surface area (Å²) < 4.78 is 4.76. The molecule has 0 aromatic rings. The molecule has 0 aromatic heterocycles. The number of carbonyl (C=O) groups excluding carboxylic acids is 1. The van der Waals surface area contributed by atoms with Crippen LogP contribution in [0.4, 0.5) is 0 Å². The molecule has 4 heteroatoms. The van der Waals surface area contributed by atoms with Crippen LogP contribution in [0.25, 0.3) is 0 Å². The lowest BCUT2D eigenvalue weighted by Crippen LogP contribution is -2.06. The fourth-order valence-electron chi connectivity index (χ4n) is 0.353. The van der Waals surface area contributed by atoms with Gasteiger partial charge in [-0.05, 0) is 19.1 Å². The summed E-state index contributed by atoms with van der Waals surface area (Å²) in [7, 11) is 0. The molecule has 0 atom stereocenters. The molecular formula is C7H14O2S2. The molecule has 0 spiro atoms. The largest absolute Gasteiger partial charge is 0.462 e. The minimum atomic E-state index is -0.318. The SMILES string of the molecule is C=C(C)C(=O)OCCCS.S. The van der Waals surface area contributed by atoms with Gasteiger partial charge in [-0.2, -0.15) is 26.1 Å². The fourth-order valence-corrected chi connectivity index (χ4v) is 0.482. The first-order valence-electron chi connectivity index (χ1n) is 3.12. The van der Waals surface area contributed by atoms with Crippen LogP contribution in [0.5, 0.6) is 0 Å². The highest BCUT2D eigenvalue weighted by atomic mass is 32.1. The number of thiol groups is 1. The van der Waals surface area contributed by atoms with E-state index < -0.39 is 0 Å². The molecular weight excluding hydrogens is 180 g/mol. The van der Waals surface area contributed by atoms with Crippen LogP contribution < -0.4 is 0 Å². The molecule has 0 aliphatic carbocycles. The van der Waals surface area contributed by atoms with Gasteiger partial charge in [-0.25, -0.2) is 4.79 Å². The lowest BCUT2D eigenvalue weighted by atomic mass is 10.4. The van der Waals surface area contributed by atoms with Crippen LogP contribution in [-0.2, 0) is 9.53 Å². The van der Waals surface area contributed by atoms with Crippen LogP contribution in [0.2, 0.25) is 0 Å². The van der Waals surface area contributed by atoms with Crippen LogP contribution in [0, 0.1) is 0 Å². The summed E-state index contributed by atoms with van der Waals surface area (Å²) in [4.78, 5) is 10.7. The Bertz CT molecular complexity index is 134. The van der Waals surface area contributed by atoms with Crippen molar-refractivity contribution in [3.05, 3.63) is 12.2 Å². The Balaban J connectivity index is 0. The van der Waals surface area contributed by atoms with Gasteiger partial charge in [0, 0.05) is 5.57 Å². The third-order valence-corrected chi connectivity index (χ3v) is 1.20. The van der Waals surface area contributed by atoms with E-state index in [-0.39, 0.29) is 19.5 Å². The molecule has 0 radical (unpaired) electrons. The highest BCUT2D eigenvalue weighted by Crippen LogP contribution is 1.93. The number of rotatable bonds is 4. The molecule has 0 saturated carbocycles. The second-order valence-electron chi connectivity index (χ2n) is 1.99. The van der Waals surface area contributed by atoms with Crippen molar-refractivity contribution in [2.45, 2.75) is 13.3 Å². The highest BCUT2D eigenvalue weighted by Gasteiger charge is 2.00. The van der Waals surface area contributed by atoms with Gasteiger partial charge < -0.3 is 4.74 Å². The van der Waals surface area contributed by atoms with E-state index in [1.165, 1.54) is 0 Å². The number of hydrogen-bond donors (Lipinski definition) is 1. The Hall–Kier alpha value is -0.0900. The van der Waals surface area contributed by atoms with Crippen molar-refractivity contribution < 1.29 is 9.53 Å². The minimum Gasteiger partial charge on any atom is -0.462 e. The molecule has 0 aliphatic heterocycles. The van der Waals surface area contributed by atoms with E-state index in [1.807, 2.05) is 0 Å². The molecule has 0 unspecified atom stereocenters. The van der Waals surface area contributed by atoms with Crippen molar-refractivity contribution in [3.8, 4) is 0 Å². The van der Waals surface area contributed by atoms with Gasteiger partial charge in [0.05, 0.1) is 6.61 Å². The quantitative estimate of drug-likeness (QED) is 0.318. The summed E-state index contributed by atoms with van der Waals surface area (Å²) in [5, 5.41) is 0. The fraction of sp³-hybridized carbons (Fsp3) is 0.571. The summed E-state index contributed by atoms with van der Waals surface area (Å²) in [6.45, 7) is 5.51. The first-order valence-corrected chi connectivity index (χ1v) is 3.75. The molecule has 66 valence electrons. The third kappa shape index (κ3) is 7.81. The Morgan fingerprint density at radius 2 is 2.18 bits per heavy atom. The van der Waals surface area contributed by atoms with E-state index in [1.54, 1.807) is 6.92 Å². The molecule has 2 nitrogen and oxygen atoms in total. The molecule has 0 saturated heterocycles. The van der Waals surface area contributed by atoms with Gasteiger partial charge in [0.2, 0.25) is 0 Å². The molecule has 11 heavy (non-hydrogen) atoms. The number of esters is 1. The van der Waals surface area contributed by atoms with Gasteiger partial charge in [0.1, 0.15) is 0 Å². The van der Waals surface area contributed by atoms with Crippen molar-refractivity contribution in [3.63, 3.8) is 0 Å². The maximum Gasteiger partial charge on any atom is 0.333 e. The molecule has 0 N–H and O–H groups in total. The smallest absolute Gasteiger partial charge is 0.333 e. The first-order chi connectivity index (χ1) is 4.68. The van der Waals surface area contributed by atoms with Gasteiger partial charge >= 0.3 is 5.97 Å². The van der Waals surface area contributed by atoms with E-state index in [0.29, 0.717) is 12.2 Å². The summed E-state index contributed by atoms with van der Waals surface area (Å²) in [6, 6.07) is 0. The Morgan fingerprint density at radius 1 is 1.64 bits per heavy atom. The number of carbonyl (C=O) groups is 1. The summed E-state index contributed by atoms with van der Waals surface area (Å²) in [6.07, 6.45) is 0.794. The van der Waals surface area contributed by atoms with E-state index >= 15 is 0 Å². The zero-order valence-electron chi connectivity index (χ0n) is 6.59. The van der Waals surface area contributed by atoms with Crippen LogP contribution in [0.15, 0.2) is 12.2 Å². The second-order valence-corrected chi connectivity index (χ2v) is 2.44. The maximum atomic E-state index is 10.7. The Morgan fingerprint density at radius 3 is 2.55 bits per heavy atom.